The maximum absolute atomic E-state index is 10.6. The number of hydrogen-bond acceptors (Lipinski definition) is 3. The zero-order valence-electron chi connectivity index (χ0n) is 12.8. The highest BCUT2D eigenvalue weighted by molar-refractivity contribution is 6.33. The average molecular weight is 309 g/mol. The summed E-state index contributed by atoms with van der Waals surface area (Å²) in [7, 11) is 2.09. The van der Waals surface area contributed by atoms with Crippen molar-refractivity contribution in [1.82, 2.24) is 5.43 Å². The molecule has 0 saturated carbocycles. The lowest BCUT2D eigenvalue weighted by molar-refractivity contribution is 0.249. The van der Waals surface area contributed by atoms with Crippen LogP contribution in [0.1, 0.15) is 44.2 Å². The molecule has 21 heavy (non-hydrogen) atoms. The van der Waals surface area contributed by atoms with Gasteiger partial charge in [-0.05, 0) is 43.9 Å². The number of halogens is 1. The Morgan fingerprint density at radius 2 is 2.24 bits per heavy atom. The van der Waals surface area contributed by atoms with Gasteiger partial charge in [0.25, 0.3) is 0 Å². The Balaban J connectivity index is 2.41. The number of nitrogens with zero attached hydrogens (tertiary/aromatic N) is 2. The van der Waals surface area contributed by atoms with Gasteiger partial charge >= 0.3 is 6.03 Å². The summed E-state index contributed by atoms with van der Waals surface area (Å²) in [6.45, 7) is 6.67. The SMILES string of the molecule is C[C@H]1CC(C)(C)N(C)c2cc(Cl)c(/C=N\NC(N)=O)cc21. The average Bonchev–Trinajstić information content (AvgIpc) is 2.36. The number of hydrogen-bond donors (Lipinski definition) is 2. The normalized spacial score (nSPS) is 20.4. The number of anilines is 1. The van der Waals surface area contributed by atoms with Crippen molar-refractivity contribution in [3.63, 3.8) is 0 Å². The highest BCUT2D eigenvalue weighted by atomic mass is 35.5. The van der Waals surface area contributed by atoms with Crippen LogP contribution in [0.5, 0.6) is 0 Å². The van der Waals surface area contributed by atoms with Crippen molar-refractivity contribution in [3.8, 4) is 0 Å². The lowest BCUT2D eigenvalue weighted by Crippen LogP contribution is -2.45. The van der Waals surface area contributed by atoms with Crippen LogP contribution in [0.15, 0.2) is 17.2 Å². The fourth-order valence-corrected chi connectivity index (χ4v) is 3.08. The first-order valence-corrected chi connectivity index (χ1v) is 7.26. The van der Waals surface area contributed by atoms with Gasteiger partial charge in [0, 0.05) is 23.8 Å². The highest BCUT2D eigenvalue weighted by Crippen LogP contribution is 2.43. The second-order valence-corrected chi connectivity index (χ2v) is 6.55. The molecule has 2 amide bonds. The number of benzene rings is 1. The Kier molecular flexibility index (Phi) is 4.14. The molecule has 0 radical (unpaired) electrons. The molecule has 0 bridgehead atoms. The van der Waals surface area contributed by atoms with Gasteiger partial charge in [-0.25, -0.2) is 10.2 Å². The fourth-order valence-electron chi connectivity index (χ4n) is 2.87. The summed E-state index contributed by atoms with van der Waals surface area (Å²) in [6.07, 6.45) is 2.58. The van der Waals surface area contributed by atoms with Crippen LogP contribution in [0.4, 0.5) is 10.5 Å². The predicted molar refractivity (Wildman–Crippen MR) is 87.3 cm³/mol. The fraction of sp³-hybridized carbons (Fsp3) is 0.467. The molecule has 2 rings (SSSR count). The van der Waals surface area contributed by atoms with Crippen molar-refractivity contribution < 1.29 is 4.79 Å². The number of amides is 2. The maximum Gasteiger partial charge on any atom is 0.332 e. The van der Waals surface area contributed by atoms with Crippen LogP contribution in [0, 0.1) is 0 Å². The first-order valence-electron chi connectivity index (χ1n) is 6.88. The quantitative estimate of drug-likeness (QED) is 0.651. The Bertz CT molecular complexity index is 598. The summed E-state index contributed by atoms with van der Waals surface area (Å²) in [5, 5.41) is 4.37. The lowest BCUT2D eigenvalue weighted by atomic mass is 9.80. The van der Waals surface area contributed by atoms with E-state index in [4.69, 9.17) is 17.3 Å². The number of primary amides is 1. The summed E-state index contributed by atoms with van der Waals surface area (Å²) < 4.78 is 0. The largest absolute Gasteiger partial charge is 0.369 e. The van der Waals surface area contributed by atoms with Gasteiger partial charge in [0.15, 0.2) is 0 Å². The molecule has 0 spiro atoms. The Hall–Kier alpha value is -1.75. The predicted octanol–water partition coefficient (Wildman–Crippen LogP) is 3.06. The molecular weight excluding hydrogens is 288 g/mol. The van der Waals surface area contributed by atoms with Crippen LogP contribution < -0.4 is 16.1 Å². The van der Waals surface area contributed by atoms with Gasteiger partial charge in [-0.2, -0.15) is 5.10 Å². The standard InChI is InChI=1S/C15H21ClN4O/c1-9-7-15(2,3)20(4)13-6-12(16)10(5-11(9)13)8-18-19-14(17)21/h5-6,8-9H,7H2,1-4H3,(H3,17,19,21)/b18-8-/t9-/m0/s1. The van der Waals surface area contributed by atoms with Gasteiger partial charge < -0.3 is 10.6 Å². The van der Waals surface area contributed by atoms with E-state index >= 15 is 0 Å². The Labute approximate surface area is 130 Å². The smallest absolute Gasteiger partial charge is 0.332 e. The van der Waals surface area contributed by atoms with Crippen molar-refractivity contribution in [2.24, 2.45) is 10.8 Å². The molecule has 0 unspecified atom stereocenters. The maximum atomic E-state index is 10.6. The first-order chi connectivity index (χ1) is 9.72. The molecule has 1 aromatic rings. The number of carbonyl (C=O) groups is 1. The van der Waals surface area contributed by atoms with E-state index in [0.717, 1.165) is 17.7 Å². The molecule has 1 aliphatic heterocycles. The van der Waals surface area contributed by atoms with Crippen LogP contribution in [0.25, 0.3) is 0 Å². The third kappa shape index (κ3) is 3.13. The number of carbonyl (C=O) groups excluding carboxylic acids is 1. The number of fused-ring (bicyclic) bond motifs is 1. The molecule has 0 fully saturated rings. The number of urea groups is 1. The molecule has 1 atom stereocenters. The Morgan fingerprint density at radius 1 is 1.57 bits per heavy atom. The molecular formula is C15H21ClN4O. The number of hydrazone groups is 1. The zero-order valence-corrected chi connectivity index (χ0v) is 13.5. The van der Waals surface area contributed by atoms with E-state index in [1.807, 2.05) is 12.1 Å². The molecule has 5 nitrogen and oxygen atoms in total. The number of rotatable bonds is 2. The minimum atomic E-state index is -0.699. The highest BCUT2D eigenvalue weighted by Gasteiger charge is 2.34. The molecule has 6 heteroatoms. The summed E-state index contributed by atoms with van der Waals surface area (Å²) in [4.78, 5) is 12.9. The lowest BCUT2D eigenvalue weighted by Gasteiger charge is -2.45. The second-order valence-electron chi connectivity index (χ2n) is 6.14. The molecule has 3 N–H and O–H groups in total. The van der Waals surface area contributed by atoms with E-state index in [-0.39, 0.29) is 5.54 Å². The van der Waals surface area contributed by atoms with E-state index in [1.54, 1.807) is 0 Å². The van der Waals surface area contributed by atoms with Crippen molar-refractivity contribution >= 4 is 29.5 Å². The molecule has 1 aliphatic rings. The molecule has 0 aromatic heterocycles. The first kappa shape index (κ1) is 15.6. The minimum absolute atomic E-state index is 0.0961. The van der Waals surface area contributed by atoms with Crippen LogP contribution in [-0.2, 0) is 0 Å². The van der Waals surface area contributed by atoms with E-state index in [0.29, 0.717) is 10.9 Å². The Morgan fingerprint density at radius 3 is 2.86 bits per heavy atom. The summed E-state index contributed by atoms with van der Waals surface area (Å²) >= 11 is 6.32. The van der Waals surface area contributed by atoms with Crippen molar-refractivity contribution in [2.45, 2.75) is 38.6 Å². The van der Waals surface area contributed by atoms with Gasteiger partial charge in [-0.15, -0.1) is 0 Å². The van der Waals surface area contributed by atoms with Gasteiger partial charge in [-0.3, -0.25) is 0 Å². The summed E-state index contributed by atoms with van der Waals surface area (Å²) in [6, 6.07) is 3.29. The summed E-state index contributed by atoms with van der Waals surface area (Å²) in [5.41, 5.74) is 10.4. The van der Waals surface area contributed by atoms with Crippen LogP contribution in [0.3, 0.4) is 0 Å². The van der Waals surface area contributed by atoms with Gasteiger partial charge in [0.2, 0.25) is 0 Å². The minimum Gasteiger partial charge on any atom is -0.369 e. The monoisotopic (exact) mass is 308 g/mol. The van der Waals surface area contributed by atoms with Crippen molar-refractivity contribution in [3.05, 3.63) is 28.3 Å². The number of nitrogens with one attached hydrogen (secondary N) is 1. The van der Waals surface area contributed by atoms with Crippen molar-refractivity contribution in [1.29, 1.82) is 0 Å². The van der Waals surface area contributed by atoms with E-state index < -0.39 is 6.03 Å². The third-order valence-corrected chi connectivity index (χ3v) is 4.46. The molecule has 1 aromatic carbocycles. The molecule has 1 heterocycles. The molecule has 114 valence electrons. The van der Waals surface area contributed by atoms with Gasteiger partial charge in [-0.1, -0.05) is 18.5 Å². The van der Waals surface area contributed by atoms with Gasteiger partial charge in [0.05, 0.1) is 11.2 Å². The number of nitrogens with two attached hydrogens (primary N) is 1. The van der Waals surface area contributed by atoms with E-state index in [1.165, 1.54) is 11.8 Å². The van der Waals surface area contributed by atoms with E-state index in [2.05, 4.69) is 43.2 Å². The van der Waals surface area contributed by atoms with Crippen LogP contribution in [-0.4, -0.2) is 24.8 Å². The zero-order chi connectivity index (χ0) is 15.8. The third-order valence-electron chi connectivity index (χ3n) is 4.13. The van der Waals surface area contributed by atoms with Crippen molar-refractivity contribution in [2.75, 3.05) is 11.9 Å². The second kappa shape index (κ2) is 5.56. The topological polar surface area (TPSA) is 70.7 Å². The van der Waals surface area contributed by atoms with Crippen LogP contribution in [0.2, 0.25) is 5.02 Å². The summed E-state index contributed by atoms with van der Waals surface area (Å²) in [5.74, 6) is 0.430. The van der Waals surface area contributed by atoms with Crippen LogP contribution >= 0.6 is 11.6 Å². The molecule has 0 saturated heterocycles. The molecule has 0 aliphatic carbocycles. The van der Waals surface area contributed by atoms with E-state index in [9.17, 15) is 4.79 Å². The van der Waals surface area contributed by atoms with Gasteiger partial charge in [0.1, 0.15) is 0 Å².